The second-order valence-corrected chi connectivity index (χ2v) is 4.44. The number of aryl methyl sites for hydroxylation is 1. The van der Waals surface area contributed by atoms with Gasteiger partial charge in [0.15, 0.2) is 0 Å². The summed E-state index contributed by atoms with van der Waals surface area (Å²) in [6.45, 7) is 8.51. The van der Waals surface area contributed by atoms with E-state index in [9.17, 15) is 0 Å². The molecule has 0 aliphatic heterocycles. The van der Waals surface area contributed by atoms with Crippen LogP contribution in [-0.4, -0.2) is 39.3 Å². The lowest BCUT2D eigenvalue weighted by atomic mass is 10.1. The molecule has 0 aliphatic carbocycles. The first kappa shape index (κ1) is 15.2. The Labute approximate surface area is 111 Å². The van der Waals surface area contributed by atoms with Gasteiger partial charge in [-0.3, -0.25) is 0 Å². The zero-order valence-electron chi connectivity index (χ0n) is 11.5. The maximum atomic E-state index is 3.46. The van der Waals surface area contributed by atoms with Gasteiger partial charge < -0.3 is 16.0 Å². The summed E-state index contributed by atoms with van der Waals surface area (Å²) in [5, 5.41) is 10.2. The van der Waals surface area contributed by atoms with Gasteiger partial charge in [0.05, 0.1) is 0 Å². The Balaban J connectivity index is 1.82. The van der Waals surface area contributed by atoms with Gasteiger partial charge in [0.1, 0.15) is 0 Å². The zero-order chi connectivity index (χ0) is 12.9. The highest BCUT2D eigenvalue weighted by atomic mass is 15.0. The molecule has 0 bridgehead atoms. The minimum atomic E-state index is 1.05. The number of nitrogens with one attached hydrogen (secondary N) is 3. The lowest BCUT2D eigenvalue weighted by Crippen LogP contribution is -2.32. The van der Waals surface area contributed by atoms with Gasteiger partial charge in [0.2, 0.25) is 0 Å². The fourth-order valence-corrected chi connectivity index (χ4v) is 1.84. The van der Waals surface area contributed by atoms with Gasteiger partial charge in [-0.15, -0.1) is 0 Å². The van der Waals surface area contributed by atoms with Crippen molar-refractivity contribution in [3.8, 4) is 0 Å². The van der Waals surface area contributed by atoms with Crippen LogP contribution in [-0.2, 0) is 6.42 Å². The lowest BCUT2D eigenvalue weighted by molar-refractivity contribution is 0.579. The average Bonchev–Trinajstić information content (AvgIpc) is 2.42. The molecule has 0 saturated carbocycles. The number of hydrogen-bond acceptors (Lipinski definition) is 3. The van der Waals surface area contributed by atoms with E-state index < -0.39 is 0 Å². The van der Waals surface area contributed by atoms with Crippen molar-refractivity contribution in [1.82, 2.24) is 16.0 Å². The Hall–Kier alpha value is -0.900. The van der Waals surface area contributed by atoms with Crippen molar-refractivity contribution >= 4 is 0 Å². The highest BCUT2D eigenvalue weighted by Gasteiger charge is 1.92. The third kappa shape index (κ3) is 8.23. The van der Waals surface area contributed by atoms with E-state index in [1.165, 1.54) is 18.4 Å². The molecule has 0 heterocycles. The molecular weight excluding hydrogens is 222 g/mol. The largest absolute Gasteiger partial charge is 0.316 e. The summed E-state index contributed by atoms with van der Waals surface area (Å²) in [6.07, 6.45) is 2.38. The quantitative estimate of drug-likeness (QED) is 0.519. The fourth-order valence-electron chi connectivity index (χ4n) is 1.84. The Kier molecular flexibility index (Phi) is 9.44. The van der Waals surface area contributed by atoms with Crippen molar-refractivity contribution in [2.45, 2.75) is 19.8 Å². The van der Waals surface area contributed by atoms with Crippen LogP contribution < -0.4 is 16.0 Å². The van der Waals surface area contributed by atoms with Gasteiger partial charge in [-0.25, -0.2) is 0 Å². The molecule has 0 aliphatic rings. The molecule has 0 fully saturated rings. The maximum Gasteiger partial charge on any atom is 0.00772 e. The normalized spacial score (nSPS) is 10.7. The number of hydrogen-bond donors (Lipinski definition) is 3. The van der Waals surface area contributed by atoms with Crippen LogP contribution in [0.5, 0.6) is 0 Å². The van der Waals surface area contributed by atoms with E-state index in [1.54, 1.807) is 0 Å². The molecule has 0 unspecified atom stereocenters. The monoisotopic (exact) mass is 249 g/mol. The average molecular weight is 249 g/mol. The molecule has 3 nitrogen and oxygen atoms in total. The Morgan fingerprint density at radius 1 is 0.778 bits per heavy atom. The number of likely N-dealkylation sites (N-methyl/N-ethyl adjacent to an activating group) is 1. The molecule has 0 spiro atoms. The summed E-state index contributed by atoms with van der Waals surface area (Å²) < 4.78 is 0. The van der Waals surface area contributed by atoms with Gasteiger partial charge >= 0.3 is 0 Å². The van der Waals surface area contributed by atoms with Crippen LogP contribution in [0.15, 0.2) is 30.3 Å². The van der Waals surface area contributed by atoms with Gasteiger partial charge in [-0.1, -0.05) is 37.3 Å². The molecule has 1 aromatic carbocycles. The third-order valence-corrected chi connectivity index (χ3v) is 2.87. The molecule has 0 atom stereocenters. The van der Waals surface area contributed by atoms with Gasteiger partial charge in [0.25, 0.3) is 0 Å². The summed E-state index contributed by atoms with van der Waals surface area (Å²) >= 11 is 0. The van der Waals surface area contributed by atoms with Crippen molar-refractivity contribution in [2.24, 2.45) is 0 Å². The molecule has 1 aromatic rings. The summed E-state index contributed by atoms with van der Waals surface area (Å²) in [5.41, 5.74) is 1.43. The first-order chi connectivity index (χ1) is 8.93. The highest BCUT2D eigenvalue weighted by Crippen LogP contribution is 2.01. The zero-order valence-corrected chi connectivity index (χ0v) is 11.5. The fraction of sp³-hybridized carbons (Fsp3) is 0.600. The molecule has 0 saturated heterocycles. The lowest BCUT2D eigenvalue weighted by Gasteiger charge is -2.07. The second-order valence-electron chi connectivity index (χ2n) is 4.44. The second kappa shape index (κ2) is 11.2. The van der Waals surface area contributed by atoms with E-state index in [2.05, 4.69) is 53.2 Å². The first-order valence-corrected chi connectivity index (χ1v) is 7.09. The van der Waals surface area contributed by atoms with Crippen molar-refractivity contribution in [2.75, 3.05) is 39.3 Å². The molecule has 0 amide bonds. The van der Waals surface area contributed by atoms with E-state index in [0.29, 0.717) is 0 Å². The third-order valence-electron chi connectivity index (χ3n) is 2.87. The Morgan fingerprint density at radius 2 is 1.39 bits per heavy atom. The smallest absolute Gasteiger partial charge is 0.00772 e. The predicted octanol–water partition coefficient (Wildman–Crippen LogP) is 1.41. The summed E-state index contributed by atoms with van der Waals surface area (Å²) in [5.74, 6) is 0. The van der Waals surface area contributed by atoms with Crippen molar-refractivity contribution in [3.05, 3.63) is 35.9 Å². The molecule has 18 heavy (non-hydrogen) atoms. The van der Waals surface area contributed by atoms with E-state index in [0.717, 1.165) is 39.3 Å². The van der Waals surface area contributed by atoms with E-state index in [-0.39, 0.29) is 0 Å². The number of rotatable bonds is 11. The van der Waals surface area contributed by atoms with Gasteiger partial charge in [-0.2, -0.15) is 0 Å². The molecule has 3 N–H and O–H groups in total. The van der Waals surface area contributed by atoms with Crippen LogP contribution in [0.3, 0.4) is 0 Å². The molecule has 102 valence electrons. The number of benzene rings is 1. The predicted molar refractivity (Wildman–Crippen MR) is 79.0 cm³/mol. The van der Waals surface area contributed by atoms with E-state index >= 15 is 0 Å². The van der Waals surface area contributed by atoms with Crippen LogP contribution in [0.4, 0.5) is 0 Å². The minimum absolute atomic E-state index is 1.05. The van der Waals surface area contributed by atoms with Crippen molar-refractivity contribution in [1.29, 1.82) is 0 Å². The minimum Gasteiger partial charge on any atom is -0.316 e. The van der Waals surface area contributed by atoms with Crippen molar-refractivity contribution in [3.63, 3.8) is 0 Å². The highest BCUT2D eigenvalue weighted by molar-refractivity contribution is 5.14. The van der Waals surface area contributed by atoms with Crippen LogP contribution in [0.1, 0.15) is 18.9 Å². The first-order valence-electron chi connectivity index (χ1n) is 7.09. The molecule has 0 aromatic heterocycles. The van der Waals surface area contributed by atoms with E-state index in [1.807, 2.05) is 0 Å². The summed E-state index contributed by atoms with van der Waals surface area (Å²) in [7, 11) is 0. The van der Waals surface area contributed by atoms with Crippen LogP contribution in [0.25, 0.3) is 0 Å². The maximum absolute atomic E-state index is 3.46. The van der Waals surface area contributed by atoms with E-state index in [4.69, 9.17) is 0 Å². The summed E-state index contributed by atoms with van der Waals surface area (Å²) in [4.78, 5) is 0. The molecule has 1 rings (SSSR count). The Bertz CT molecular complexity index is 274. The standard InChI is InChI=1S/C15H27N3/c1-2-16-11-12-18-14-13-17-10-6-9-15-7-4-3-5-8-15/h3-5,7-8,16-18H,2,6,9-14H2,1H3. The topological polar surface area (TPSA) is 36.1 Å². The molecule has 3 heteroatoms. The van der Waals surface area contributed by atoms with Gasteiger partial charge in [0, 0.05) is 26.2 Å². The van der Waals surface area contributed by atoms with Crippen LogP contribution in [0.2, 0.25) is 0 Å². The SMILES string of the molecule is CCNCCNCCNCCCc1ccccc1. The van der Waals surface area contributed by atoms with Gasteiger partial charge in [-0.05, 0) is 31.5 Å². The Morgan fingerprint density at radius 3 is 2.06 bits per heavy atom. The van der Waals surface area contributed by atoms with Crippen molar-refractivity contribution < 1.29 is 0 Å². The summed E-state index contributed by atoms with van der Waals surface area (Å²) in [6, 6.07) is 10.7. The molecule has 0 radical (unpaired) electrons. The molecular formula is C15H27N3. The van der Waals surface area contributed by atoms with Crippen LogP contribution >= 0.6 is 0 Å². The van der Waals surface area contributed by atoms with Crippen LogP contribution in [0, 0.1) is 0 Å².